The summed E-state index contributed by atoms with van der Waals surface area (Å²) < 4.78 is 41.0. The van der Waals surface area contributed by atoms with Crippen molar-refractivity contribution in [3.8, 4) is 17.2 Å². The van der Waals surface area contributed by atoms with Gasteiger partial charge in [0.1, 0.15) is 5.75 Å². The maximum absolute atomic E-state index is 12.8. The van der Waals surface area contributed by atoms with Crippen LogP contribution in [0.3, 0.4) is 0 Å². The van der Waals surface area contributed by atoms with Gasteiger partial charge in [-0.05, 0) is 48.9 Å². The average molecular weight is 455 g/mol. The molecule has 0 aliphatic heterocycles. The Hall–Kier alpha value is -3.94. The van der Waals surface area contributed by atoms with Crippen LogP contribution in [-0.4, -0.2) is 32.0 Å². The predicted molar refractivity (Wildman–Crippen MR) is 119 cm³/mol. The lowest BCUT2D eigenvalue weighted by Crippen LogP contribution is -2.20. The smallest absolute Gasteiger partial charge is 0.387 e. The Labute approximate surface area is 190 Å². The molecule has 0 unspecified atom stereocenters. The molecule has 0 fully saturated rings. The summed E-state index contributed by atoms with van der Waals surface area (Å²) in [6, 6.07) is 18.4. The summed E-state index contributed by atoms with van der Waals surface area (Å²) in [5.41, 5.74) is 2.28. The van der Waals surface area contributed by atoms with E-state index in [1.165, 1.54) is 32.2 Å². The van der Waals surface area contributed by atoms with Crippen LogP contribution >= 0.6 is 0 Å². The van der Waals surface area contributed by atoms with Crippen LogP contribution in [0.4, 0.5) is 14.5 Å². The van der Waals surface area contributed by atoms with Gasteiger partial charge >= 0.3 is 6.61 Å². The van der Waals surface area contributed by atoms with E-state index in [0.717, 1.165) is 5.56 Å². The summed E-state index contributed by atoms with van der Waals surface area (Å²) in [4.78, 5) is 23.9. The van der Waals surface area contributed by atoms with E-state index < -0.39 is 12.5 Å². The van der Waals surface area contributed by atoms with Crippen LogP contribution in [0.25, 0.3) is 0 Å². The van der Waals surface area contributed by atoms with Gasteiger partial charge in [-0.1, -0.05) is 30.3 Å². The fourth-order valence-corrected chi connectivity index (χ4v) is 3.17. The number of nitrogens with one attached hydrogen (secondary N) is 1. The predicted octanol–water partition coefficient (Wildman–Crippen LogP) is 5.11. The van der Waals surface area contributed by atoms with Gasteiger partial charge in [0.25, 0.3) is 5.91 Å². The fraction of sp³-hybridized carbons (Fsp3) is 0.200. The first kappa shape index (κ1) is 23.7. The number of hydrogen-bond donors (Lipinski definition) is 1. The van der Waals surface area contributed by atoms with E-state index in [9.17, 15) is 18.4 Å². The molecular formula is C25H23F2NO5. The quantitative estimate of drug-likeness (QED) is 0.430. The van der Waals surface area contributed by atoms with Crippen molar-refractivity contribution in [1.82, 2.24) is 0 Å². The highest BCUT2D eigenvalue weighted by atomic mass is 19.3. The minimum atomic E-state index is -2.96. The number of carbonyl (C=O) groups is 2. The van der Waals surface area contributed by atoms with Gasteiger partial charge < -0.3 is 19.5 Å². The van der Waals surface area contributed by atoms with Crippen molar-refractivity contribution in [3.63, 3.8) is 0 Å². The molecule has 6 nitrogen and oxygen atoms in total. The lowest BCUT2D eigenvalue weighted by atomic mass is 10.0. The lowest BCUT2D eigenvalue weighted by molar-refractivity contribution is -0.118. The monoisotopic (exact) mass is 455 g/mol. The van der Waals surface area contributed by atoms with Crippen LogP contribution in [0, 0.1) is 0 Å². The summed E-state index contributed by atoms with van der Waals surface area (Å²) in [5, 5.41) is 2.68. The normalized spacial score (nSPS) is 10.6. The van der Waals surface area contributed by atoms with Crippen molar-refractivity contribution in [2.45, 2.75) is 20.0 Å². The number of alkyl halides is 2. The van der Waals surface area contributed by atoms with Crippen molar-refractivity contribution in [1.29, 1.82) is 0 Å². The number of hydrogen-bond acceptors (Lipinski definition) is 5. The Balaban J connectivity index is 1.70. The van der Waals surface area contributed by atoms with Crippen molar-refractivity contribution in [3.05, 3.63) is 83.4 Å². The minimum Gasteiger partial charge on any atom is -0.493 e. The van der Waals surface area contributed by atoms with Crippen LogP contribution in [0.2, 0.25) is 0 Å². The topological polar surface area (TPSA) is 73.9 Å². The highest BCUT2D eigenvalue weighted by molar-refractivity contribution is 5.95. The molecule has 33 heavy (non-hydrogen) atoms. The Morgan fingerprint density at radius 2 is 1.67 bits per heavy atom. The van der Waals surface area contributed by atoms with E-state index in [4.69, 9.17) is 9.47 Å². The van der Waals surface area contributed by atoms with Crippen LogP contribution in [0.5, 0.6) is 17.2 Å². The highest BCUT2D eigenvalue weighted by Crippen LogP contribution is 2.29. The average Bonchev–Trinajstić information content (AvgIpc) is 2.79. The van der Waals surface area contributed by atoms with E-state index in [1.54, 1.807) is 18.2 Å². The molecule has 8 heteroatoms. The van der Waals surface area contributed by atoms with Gasteiger partial charge in [0.15, 0.2) is 23.9 Å². The third-order valence-electron chi connectivity index (χ3n) is 4.73. The summed E-state index contributed by atoms with van der Waals surface area (Å²) in [6.45, 7) is -1.84. The molecule has 172 valence electrons. The first-order valence-electron chi connectivity index (χ1n) is 10.1. The molecular weight excluding hydrogens is 432 g/mol. The zero-order valence-electron chi connectivity index (χ0n) is 18.1. The molecule has 0 bridgehead atoms. The van der Waals surface area contributed by atoms with Crippen LogP contribution < -0.4 is 19.5 Å². The van der Waals surface area contributed by atoms with Gasteiger partial charge in [0, 0.05) is 23.2 Å². The minimum absolute atomic E-state index is 0.0402. The van der Waals surface area contributed by atoms with Crippen molar-refractivity contribution in [2.75, 3.05) is 19.0 Å². The molecule has 0 radical (unpaired) electrons. The molecule has 0 aliphatic rings. The first-order chi connectivity index (χ1) is 15.9. The van der Waals surface area contributed by atoms with Crippen molar-refractivity contribution < 1.29 is 32.6 Å². The molecule has 0 aliphatic carbocycles. The number of rotatable bonds is 10. The fourth-order valence-electron chi connectivity index (χ4n) is 3.17. The molecule has 1 N–H and O–H groups in total. The number of halogens is 2. The molecule has 0 aromatic heterocycles. The molecule has 0 spiro atoms. The van der Waals surface area contributed by atoms with Gasteiger partial charge in [-0.15, -0.1) is 0 Å². The van der Waals surface area contributed by atoms with Gasteiger partial charge in [-0.3, -0.25) is 9.59 Å². The zero-order chi connectivity index (χ0) is 23.8. The largest absolute Gasteiger partial charge is 0.493 e. The van der Waals surface area contributed by atoms with Gasteiger partial charge in [0.05, 0.1) is 7.11 Å². The maximum atomic E-state index is 12.8. The Morgan fingerprint density at radius 3 is 2.33 bits per heavy atom. The van der Waals surface area contributed by atoms with E-state index in [-0.39, 0.29) is 18.1 Å². The van der Waals surface area contributed by atoms with Crippen molar-refractivity contribution >= 4 is 17.4 Å². The molecule has 3 aromatic carbocycles. The van der Waals surface area contributed by atoms with E-state index >= 15 is 0 Å². The maximum Gasteiger partial charge on any atom is 0.387 e. The lowest BCUT2D eigenvalue weighted by Gasteiger charge is -2.14. The van der Waals surface area contributed by atoms with Gasteiger partial charge in [-0.25, -0.2) is 0 Å². The number of benzene rings is 3. The van der Waals surface area contributed by atoms with Crippen LogP contribution in [-0.2, 0) is 11.2 Å². The molecule has 3 aromatic rings. The Kier molecular flexibility index (Phi) is 7.96. The standard InChI is InChI=1S/C25H23F2NO5/c1-16(29)18-8-10-22(23(14-18)31-2)32-15-24(30)28-20-9-11-21(33-25(26)27)19(13-20)12-17-6-4-3-5-7-17/h3-11,13-14,25H,12,15H2,1-2H3,(H,28,30). The second-order valence-electron chi connectivity index (χ2n) is 7.12. The van der Waals surface area contributed by atoms with E-state index in [0.29, 0.717) is 34.7 Å². The zero-order valence-corrected chi connectivity index (χ0v) is 18.1. The van der Waals surface area contributed by atoms with Crippen LogP contribution in [0.15, 0.2) is 66.7 Å². The molecule has 0 saturated heterocycles. The highest BCUT2D eigenvalue weighted by Gasteiger charge is 2.14. The second kappa shape index (κ2) is 11.1. The first-order valence-corrected chi connectivity index (χ1v) is 10.1. The molecule has 1 amide bonds. The molecule has 0 saturated carbocycles. The van der Waals surface area contributed by atoms with Gasteiger partial charge in [0.2, 0.25) is 0 Å². The number of ketones is 1. The van der Waals surface area contributed by atoms with E-state index in [2.05, 4.69) is 10.1 Å². The third kappa shape index (κ3) is 6.77. The summed E-state index contributed by atoms with van der Waals surface area (Å²) in [7, 11) is 1.43. The SMILES string of the molecule is COc1cc(C(C)=O)ccc1OCC(=O)Nc1ccc(OC(F)F)c(Cc2ccccc2)c1. The van der Waals surface area contributed by atoms with Gasteiger partial charge in [-0.2, -0.15) is 8.78 Å². The van der Waals surface area contributed by atoms with Crippen LogP contribution in [0.1, 0.15) is 28.4 Å². The van der Waals surface area contributed by atoms with Crippen molar-refractivity contribution in [2.24, 2.45) is 0 Å². The molecule has 0 heterocycles. The number of ether oxygens (including phenoxy) is 3. The molecule has 0 atom stereocenters. The van der Waals surface area contributed by atoms with E-state index in [1.807, 2.05) is 30.3 Å². The number of carbonyl (C=O) groups excluding carboxylic acids is 2. The number of anilines is 1. The third-order valence-corrected chi connectivity index (χ3v) is 4.73. The molecule has 3 rings (SSSR count). The number of amides is 1. The Bertz CT molecular complexity index is 1120. The second-order valence-corrected chi connectivity index (χ2v) is 7.12. The number of methoxy groups -OCH3 is 1. The summed E-state index contributed by atoms with van der Waals surface area (Å²) in [5.74, 6) is 0.0969. The Morgan fingerprint density at radius 1 is 0.939 bits per heavy atom. The summed E-state index contributed by atoms with van der Waals surface area (Å²) >= 11 is 0. The number of Topliss-reactive ketones (excluding diaryl/α,β-unsaturated/α-hetero) is 1. The summed E-state index contributed by atoms with van der Waals surface area (Å²) in [6.07, 6.45) is 0.350.